The molecule has 4 rings (SSSR count). The molecule has 2 aromatic rings. The lowest BCUT2D eigenvalue weighted by Gasteiger charge is -2.52. The predicted octanol–water partition coefficient (Wildman–Crippen LogP) is 3.66. The van der Waals surface area contributed by atoms with Crippen LogP contribution in [0.1, 0.15) is 37.2 Å². The molecule has 2 aliphatic rings. The molecule has 28 heavy (non-hydrogen) atoms. The Bertz CT molecular complexity index is 871. The van der Waals surface area contributed by atoms with Crippen molar-refractivity contribution in [2.24, 2.45) is 0 Å². The van der Waals surface area contributed by atoms with Gasteiger partial charge >= 0.3 is 6.03 Å². The van der Waals surface area contributed by atoms with Gasteiger partial charge in [-0.15, -0.1) is 0 Å². The number of nitrogens with zero attached hydrogens (tertiary/aromatic N) is 2. The molecule has 1 heterocycles. The van der Waals surface area contributed by atoms with E-state index < -0.39 is 12.1 Å². The molecule has 0 bridgehead atoms. The number of carbonyl (C=O) groups is 1. The molecule has 0 aromatic heterocycles. The molecule has 144 valence electrons. The third-order valence-electron chi connectivity index (χ3n) is 6.05. The summed E-state index contributed by atoms with van der Waals surface area (Å²) in [5.74, 6) is -0.208. The molecule has 1 aliphatic carbocycles. The van der Waals surface area contributed by atoms with Crippen LogP contribution in [0, 0.1) is 11.3 Å². The van der Waals surface area contributed by atoms with Gasteiger partial charge in [-0.05, 0) is 29.5 Å². The van der Waals surface area contributed by atoms with Gasteiger partial charge in [0.1, 0.15) is 6.04 Å². The lowest BCUT2D eigenvalue weighted by atomic mass is 9.73. The van der Waals surface area contributed by atoms with Crippen LogP contribution in [0.2, 0.25) is 0 Å². The second-order valence-electron chi connectivity index (χ2n) is 7.64. The summed E-state index contributed by atoms with van der Waals surface area (Å²) in [4.78, 5) is 14.3. The summed E-state index contributed by atoms with van der Waals surface area (Å²) in [5.41, 5.74) is 3.12. The number of nitriles is 1. The molecular weight excluding hydrogens is 350 g/mol. The second kappa shape index (κ2) is 8.04. The SMILES string of the molecule is N#C[C@@H]1[C@@H](c2ccccc2-c2ccccc2)[C@H](CO)N1C(=O)NC1CCCC1. The Morgan fingerprint density at radius 1 is 1.11 bits per heavy atom. The molecule has 3 atom stereocenters. The number of nitrogens with one attached hydrogen (secondary N) is 1. The molecule has 5 nitrogen and oxygen atoms in total. The average Bonchev–Trinajstić information content (AvgIpc) is 3.22. The van der Waals surface area contributed by atoms with E-state index in [1.807, 2.05) is 54.6 Å². The van der Waals surface area contributed by atoms with Crippen LogP contribution < -0.4 is 5.32 Å². The standard InChI is InChI=1S/C23H25N3O2/c24-14-20-22(19-13-7-6-12-18(19)16-8-2-1-3-9-16)21(15-27)26(20)23(28)25-17-10-4-5-11-17/h1-3,6-9,12-13,17,20-22,27H,4-5,10-11,15H2,(H,25,28)/t20-,21+,22-/m1/s1. The molecule has 1 saturated carbocycles. The highest BCUT2D eigenvalue weighted by Crippen LogP contribution is 2.44. The Morgan fingerprint density at radius 3 is 2.46 bits per heavy atom. The second-order valence-corrected chi connectivity index (χ2v) is 7.64. The summed E-state index contributed by atoms with van der Waals surface area (Å²) in [6.07, 6.45) is 4.23. The first-order valence-corrected chi connectivity index (χ1v) is 9.98. The molecule has 0 unspecified atom stereocenters. The molecule has 5 heteroatoms. The van der Waals surface area contributed by atoms with Crippen LogP contribution in [0.4, 0.5) is 4.79 Å². The summed E-state index contributed by atoms with van der Waals surface area (Å²) in [6, 6.07) is 19.3. The van der Waals surface area contributed by atoms with Gasteiger partial charge in [-0.3, -0.25) is 0 Å². The highest BCUT2D eigenvalue weighted by molar-refractivity contribution is 5.79. The molecular formula is C23H25N3O2. The third-order valence-corrected chi connectivity index (χ3v) is 6.05. The third kappa shape index (κ3) is 3.25. The lowest BCUT2D eigenvalue weighted by Crippen LogP contribution is -2.67. The highest BCUT2D eigenvalue weighted by atomic mass is 16.3. The summed E-state index contributed by atoms with van der Waals surface area (Å²) in [5, 5.41) is 22.9. The Labute approximate surface area is 165 Å². The number of rotatable bonds is 4. The van der Waals surface area contributed by atoms with Crippen molar-refractivity contribution in [2.45, 2.75) is 49.7 Å². The van der Waals surface area contributed by atoms with E-state index in [9.17, 15) is 15.2 Å². The average molecular weight is 375 g/mol. The number of carbonyl (C=O) groups excluding carboxylic acids is 1. The fourth-order valence-electron chi connectivity index (χ4n) is 4.65. The van der Waals surface area contributed by atoms with Crippen molar-refractivity contribution in [3.05, 3.63) is 60.2 Å². The van der Waals surface area contributed by atoms with E-state index in [1.165, 1.54) is 4.90 Å². The van der Waals surface area contributed by atoms with Gasteiger partial charge in [0.2, 0.25) is 0 Å². The van der Waals surface area contributed by atoms with Gasteiger partial charge in [0.05, 0.1) is 18.7 Å². The summed E-state index contributed by atoms with van der Waals surface area (Å²) >= 11 is 0. The zero-order valence-corrected chi connectivity index (χ0v) is 15.8. The van der Waals surface area contributed by atoms with Crippen molar-refractivity contribution in [3.63, 3.8) is 0 Å². The lowest BCUT2D eigenvalue weighted by molar-refractivity contribution is 0.0160. The van der Waals surface area contributed by atoms with E-state index in [0.29, 0.717) is 0 Å². The molecule has 0 radical (unpaired) electrons. The van der Waals surface area contributed by atoms with Crippen molar-refractivity contribution in [1.82, 2.24) is 10.2 Å². The number of amides is 2. The maximum atomic E-state index is 12.8. The minimum absolute atomic E-state index is 0.163. The first-order chi connectivity index (χ1) is 13.7. The zero-order chi connectivity index (χ0) is 19.5. The van der Waals surface area contributed by atoms with Crippen LogP contribution in [0.25, 0.3) is 11.1 Å². The first kappa shape index (κ1) is 18.5. The molecule has 2 fully saturated rings. The fraction of sp³-hybridized carbons (Fsp3) is 0.391. The fourth-order valence-corrected chi connectivity index (χ4v) is 4.65. The molecule has 1 saturated heterocycles. The van der Waals surface area contributed by atoms with Crippen LogP contribution in [0.15, 0.2) is 54.6 Å². The zero-order valence-electron chi connectivity index (χ0n) is 15.8. The Morgan fingerprint density at radius 2 is 1.79 bits per heavy atom. The number of likely N-dealkylation sites (tertiary alicyclic amines) is 1. The van der Waals surface area contributed by atoms with E-state index in [0.717, 1.165) is 42.4 Å². The number of urea groups is 1. The molecule has 1 aliphatic heterocycles. The maximum Gasteiger partial charge on any atom is 0.319 e. The molecule has 2 aromatic carbocycles. The van der Waals surface area contributed by atoms with Crippen LogP contribution in [0.3, 0.4) is 0 Å². The van der Waals surface area contributed by atoms with Gasteiger partial charge in [0.25, 0.3) is 0 Å². The van der Waals surface area contributed by atoms with Gasteiger partial charge in [0.15, 0.2) is 0 Å². The van der Waals surface area contributed by atoms with E-state index in [4.69, 9.17) is 0 Å². The Balaban J connectivity index is 1.62. The first-order valence-electron chi connectivity index (χ1n) is 9.98. The summed E-state index contributed by atoms with van der Waals surface area (Å²) < 4.78 is 0. The van der Waals surface area contributed by atoms with Gasteiger partial charge in [0, 0.05) is 12.0 Å². The monoisotopic (exact) mass is 375 g/mol. The minimum Gasteiger partial charge on any atom is -0.394 e. The summed E-state index contributed by atoms with van der Waals surface area (Å²) in [7, 11) is 0. The number of hydrogen-bond acceptors (Lipinski definition) is 3. The van der Waals surface area contributed by atoms with Crippen LogP contribution in [-0.4, -0.2) is 40.8 Å². The minimum atomic E-state index is -0.580. The topological polar surface area (TPSA) is 76.4 Å². The van der Waals surface area contributed by atoms with Crippen molar-refractivity contribution in [1.29, 1.82) is 5.26 Å². The van der Waals surface area contributed by atoms with Gasteiger partial charge in [-0.25, -0.2) is 4.79 Å². The van der Waals surface area contributed by atoms with Gasteiger partial charge in [-0.2, -0.15) is 5.26 Å². The highest BCUT2D eigenvalue weighted by Gasteiger charge is 2.52. The molecule has 0 spiro atoms. The largest absolute Gasteiger partial charge is 0.394 e. The quantitative estimate of drug-likeness (QED) is 0.856. The van der Waals surface area contributed by atoms with E-state index in [-0.39, 0.29) is 24.6 Å². The van der Waals surface area contributed by atoms with Crippen molar-refractivity contribution < 1.29 is 9.90 Å². The van der Waals surface area contributed by atoms with Crippen LogP contribution in [0.5, 0.6) is 0 Å². The smallest absolute Gasteiger partial charge is 0.319 e. The Hall–Kier alpha value is -2.84. The van der Waals surface area contributed by atoms with Crippen molar-refractivity contribution in [3.8, 4) is 17.2 Å². The van der Waals surface area contributed by atoms with Crippen LogP contribution >= 0.6 is 0 Å². The number of aliphatic hydroxyl groups excluding tert-OH is 1. The van der Waals surface area contributed by atoms with Gasteiger partial charge in [-0.1, -0.05) is 67.4 Å². The number of aliphatic hydroxyl groups is 1. The molecule has 2 N–H and O–H groups in total. The van der Waals surface area contributed by atoms with E-state index in [2.05, 4.69) is 11.4 Å². The number of benzene rings is 2. The van der Waals surface area contributed by atoms with Crippen molar-refractivity contribution >= 4 is 6.03 Å². The predicted molar refractivity (Wildman–Crippen MR) is 108 cm³/mol. The normalized spacial score (nSPS) is 24.4. The van der Waals surface area contributed by atoms with Gasteiger partial charge < -0.3 is 15.3 Å². The molecule has 2 amide bonds. The van der Waals surface area contributed by atoms with Crippen molar-refractivity contribution in [2.75, 3.05) is 6.61 Å². The number of hydrogen-bond donors (Lipinski definition) is 2. The van der Waals surface area contributed by atoms with E-state index >= 15 is 0 Å². The van der Waals surface area contributed by atoms with E-state index in [1.54, 1.807) is 0 Å². The maximum absolute atomic E-state index is 12.8. The summed E-state index contributed by atoms with van der Waals surface area (Å²) in [6.45, 7) is -0.163. The van der Waals surface area contributed by atoms with Crippen LogP contribution in [-0.2, 0) is 0 Å². The Kier molecular flexibility index (Phi) is 5.31.